The summed E-state index contributed by atoms with van der Waals surface area (Å²) in [5, 5.41) is 1.13. The molecular weight excluding hydrogens is 376 g/mol. The summed E-state index contributed by atoms with van der Waals surface area (Å²) in [6, 6.07) is 13.2. The normalized spacial score (nSPS) is 11.9. The fourth-order valence-corrected chi connectivity index (χ4v) is 4.78. The first kappa shape index (κ1) is 16.2. The van der Waals surface area contributed by atoms with Crippen LogP contribution in [0.2, 0.25) is 0 Å². The van der Waals surface area contributed by atoms with Gasteiger partial charge in [0.1, 0.15) is 0 Å². The third-order valence-corrected chi connectivity index (χ3v) is 6.18. The molecule has 2 aromatic carbocycles. The zero-order valence-electron chi connectivity index (χ0n) is 12.6. The van der Waals surface area contributed by atoms with E-state index in [0.717, 1.165) is 22.0 Å². The first-order valence-electron chi connectivity index (χ1n) is 7.28. The molecule has 0 saturated carbocycles. The number of hydrogen-bond acceptors (Lipinski definition) is 2. The molecule has 0 unspecified atom stereocenters. The van der Waals surface area contributed by atoms with Gasteiger partial charge in [-0.2, -0.15) is 0 Å². The summed E-state index contributed by atoms with van der Waals surface area (Å²) >= 11 is 3.32. The summed E-state index contributed by atoms with van der Waals surface area (Å²) in [5.41, 5.74) is 3.17. The van der Waals surface area contributed by atoms with E-state index in [1.54, 1.807) is 18.2 Å². The van der Waals surface area contributed by atoms with Crippen LogP contribution in [-0.4, -0.2) is 19.9 Å². The summed E-state index contributed by atoms with van der Waals surface area (Å²) in [5.74, 6) is 0. The van der Waals surface area contributed by atoms with Crippen molar-refractivity contribution in [3.63, 3.8) is 0 Å². The topological polar surface area (TPSA) is 62.0 Å². The molecule has 120 valence electrons. The van der Waals surface area contributed by atoms with Gasteiger partial charge in [0.25, 0.3) is 0 Å². The van der Waals surface area contributed by atoms with Crippen molar-refractivity contribution < 1.29 is 8.42 Å². The Morgan fingerprint density at radius 1 is 1.17 bits per heavy atom. The zero-order chi connectivity index (χ0) is 16.4. The largest absolute Gasteiger partial charge is 0.361 e. The molecule has 0 aliphatic heterocycles. The first-order valence-corrected chi connectivity index (χ1v) is 9.56. The molecule has 3 rings (SSSR count). The molecule has 0 aliphatic rings. The van der Waals surface area contributed by atoms with E-state index in [4.69, 9.17) is 0 Å². The highest BCUT2D eigenvalue weighted by Crippen LogP contribution is 2.23. The molecule has 6 heteroatoms. The number of aromatic amines is 1. The Labute approximate surface area is 144 Å². The molecule has 1 heterocycles. The van der Waals surface area contributed by atoms with Crippen LogP contribution in [-0.2, 0) is 16.4 Å². The Balaban J connectivity index is 1.72. The molecule has 0 radical (unpaired) electrons. The van der Waals surface area contributed by atoms with E-state index in [2.05, 4.69) is 25.6 Å². The summed E-state index contributed by atoms with van der Waals surface area (Å²) in [4.78, 5) is 3.46. The predicted octanol–water partition coefficient (Wildman–Crippen LogP) is 3.76. The number of rotatable bonds is 5. The zero-order valence-corrected chi connectivity index (χ0v) is 15.0. The monoisotopic (exact) mass is 392 g/mol. The van der Waals surface area contributed by atoms with Crippen LogP contribution >= 0.6 is 15.9 Å². The van der Waals surface area contributed by atoms with Gasteiger partial charge in [-0.1, -0.05) is 24.3 Å². The van der Waals surface area contributed by atoms with Crippen LogP contribution in [0.5, 0.6) is 0 Å². The van der Waals surface area contributed by atoms with E-state index in [9.17, 15) is 8.42 Å². The number of H-pyrrole nitrogens is 1. The van der Waals surface area contributed by atoms with Crippen molar-refractivity contribution >= 4 is 36.9 Å². The van der Waals surface area contributed by atoms with Gasteiger partial charge in [0.15, 0.2) is 0 Å². The fraction of sp³-hybridized carbons (Fsp3) is 0.176. The van der Waals surface area contributed by atoms with Gasteiger partial charge in [-0.3, -0.25) is 0 Å². The van der Waals surface area contributed by atoms with Crippen molar-refractivity contribution in [2.24, 2.45) is 0 Å². The quantitative estimate of drug-likeness (QED) is 0.694. The number of sulfonamides is 1. The van der Waals surface area contributed by atoms with Gasteiger partial charge in [-0.25, -0.2) is 13.1 Å². The number of benzene rings is 2. The van der Waals surface area contributed by atoms with E-state index in [-0.39, 0.29) is 4.90 Å². The second kappa shape index (κ2) is 6.47. The maximum Gasteiger partial charge on any atom is 0.241 e. The molecule has 0 bridgehead atoms. The second-order valence-electron chi connectivity index (χ2n) is 5.44. The van der Waals surface area contributed by atoms with Crippen molar-refractivity contribution in [2.75, 3.05) is 6.54 Å². The van der Waals surface area contributed by atoms with Crippen LogP contribution < -0.4 is 4.72 Å². The molecule has 0 saturated heterocycles. The number of aromatic nitrogens is 1. The lowest BCUT2D eigenvalue weighted by Crippen LogP contribution is -2.26. The lowest BCUT2D eigenvalue weighted by Gasteiger charge is -2.09. The number of nitrogens with one attached hydrogen (secondary N) is 2. The molecule has 4 nitrogen and oxygen atoms in total. The predicted molar refractivity (Wildman–Crippen MR) is 96.1 cm³/mol. The lowest BCUT2D eigenvalue weighted by atomic mass is 10.1. The summed E-state index contributed by atoms with van der Waals surface area (Å²) in [6.45, 7) is 2.27. The number of hydrogen-bond donors (Lipinski definition) is 2. The van der Waals surface area contributed by atoms with Crippen molar-refractivity contribution in [1.29, 1.82) is 0 Å². The molecule has 3 aromatic rings. The van der Waals surface area contributed by atoms with Crippen LogP contribution in [0, 0.1) is 6.92 Å². The summed E-state index contributed by atoms with van der Waals surface area (Å²) in [6.07, 6.45) is 2.56. The molecule has 0 atom stereocenters. The Morgan fingerprint density at radius 2 is 1.96 bits per heavy atom. The molecular formula is C17H17BrN2O2S. The Bertz CT molecular complexity index is 948. The highest BCUT2D eigenvalue weighted by atomic mass is 79.9. The third-order valence-electron chi connectivity index (χ3n) is 3.74. The molecule has 0 aliphatic carbocycles. The minimum absolute atomic E-state index is 0.266. The molecule has 0 spiro atoms. The van der Waals surface area contributed by atoms with E-state index in [1.165, 1.54) is 0 Å². The van der Waals surface area contributed by atoms with Crippen LogP contribution in [0.3, 0.4) is 0 Å². The van der Waals surface area contributed by atoms with E-state index >= 15 is 0 Å². The van der Waals surface area contributed by atoms with Crippen molar-refractivity contribution in [2.45, 2.75) is 18.2 Å². The van der Waals surface area contributed by atoms with E-state index in [1.807, 2.05) is 37.4 Å². The van der Waals surface area contributed by atoms with E-state index < -0.39 is 10.0 Å². The van der Waals surface area contributed by atoms with Crippen LogP contribution in [0.25, 0.3) is 10.9 Å². The smallest absolute Gasteiger partial charge is 0.241 e. The third kappa shape index (κ3) is 3.49. The number of fused-ring (bicyclic) bond motifs is 1. The minimum atomic E-state index is -3.52. The van der Waals surface area contributed by atoms with Crippen molar-refractivity contribution in [3.05, 3.63) is 64.3 Å². The standard InChI is InChI=1S/C17H17BrN2O2S/c1-12-6-7-17(15(18)10-12)23(21,22)20-9-8-13-11-19-16-5-3-2-4-14(13)16/h2-7,10-11,19-20H,8-9H2,1H3. The minimum Gasteiger partial charge on any atom is -0.361 e. The second-order valence-corrected chi connectivity index (χ2v) is 8.03. The van der Waals surface area contributed by atoms with Crippen molar-refractivity contribution in [3.8, 4) is 0 Å². The highest BCUT2D eigenvalue weighted by molar-refractivity contribution is 9.10. The van der Waals surface area contributed by atoms with Gasteiger partial charge < -0.3 is 4.98 Å². The van der Waals surface area contributed by atoms with Gasteiger partial charge in [0.05, 0.1) is 4.90 Å². The molecule has 2 N–H and O–H groups in total. The fourth-order valence-electron chi connectivity index (χ4n) is 2.56. The Hall–Kier alpha value is -1.63. The van der Waals surface area contributed by atoms with Gasteiger partial charge >= 0.3 is 0 Å². The van der Waals surface area contributed by atoms with Gasteiger partial charge in [0, 0.05) is 28.1 Å². The molecule has 0 fully saturated rings. The average Bonchev–Trinajstić information content (AvgIpc) is 2.90. The van der Waals surface area contributed by atoms with E-state index in [0.29, 0.717) is 17.4 Å². The van der Waals surface area contributed by atoms with Crippen LogP contribution in [0.4, 0.5) is 0 Å². The van der Waals surface area contributed by atoms with Gasteiger partial charge in [-0.15, -0.1) is 0 Å². The highest BCUT2D eigenvalue weighted by Gasteiger charge is 2.17. The summed E-state index contributed by atoms with van der Waals surface area (Å²) in [7, 11) is -3.52. The number of para-hydroxylation sites is 1. The van der Waals surface area contributed by atoms with Gasteiger partial charge in [0.2, 0.25) is 10.0 Å². The summed E-state index contributed by atoms with van der Waals surface area (Å²) < 4.78 is 28.1. The molecule has 23 heavy (non-hydrogen) atoms. The maximum absolute atomic E-state index is 12.4. The molecule has 1 aromatic heterocycles. The first-order chi connectivity index (χ1) is 11.0. The SMILES string of the molecule is Cc1ccc(S(=O)(=O)NCCc2c[nH]c3ccccc23)c(Br)c1. The molecule has 0 amide bonds. The Kier molecular flexibility index (Phi) is 4.57. The average molecular weight is 393 g/mol. The van der Waals surface area contributed by atoms with Gasteiger partial charge in [-0.05, 0) is 58.6 Å². The number of aryl methyl sites for hydroxylation is 1. The number of halogens is 1. The van der Waals surface area contributed by atoms with Crippen molar-refractivity contribution in [1.82, 2.24) is 9.71 Å². The Morgan fingerprint density at radius 3 is 2.74 bits per heavy atom. The van der Waals surface area contributed by atoms with Crippen LogP contribution in [0.1, 0.15) is 11.1 Å². The van der Waals surface area contributed by atoms with Crippen LogP contribution in [0.15, 0.2) is 58.0 Å². The lowest BCUT2D eigenvalue weighted by molar-refractivity contribution is 0.581. The maximum atomic E-state index is 12.4.